The molecular formula is C15H18N4O. The van der Waals surface area contributed by atoms with Gasteiger partial charge in [-0.25, -0.2) is 4.98 Å². The number of carbonyl (C=O) groups excluding carboxylic acids is 1. The summed E-state index contributed by atoms with van der Waals surface area (Å²) in [5, 5.41) is 0. The SMILES string of the molecule is C[C@@H]1CN(c2ccccc2)CCN1C(=O)c1cnc[nH]1. The van der Waals surface area contributed by atoms with Crippen molar-refractivity contribution in [3.63, 3.8) is 0 Å². The second-order valence-electron chi connectivity index (χ2n) is 5.09. The number of imidazole rings is 1. The Bertz CT molecular complexity index is 567. The summed E-state index contributed by atoms with van der Waals surface area (Å²) in [6, 6.07) is 10.5. The fraction of sp³-hybridized carbons (Fsp3) is 0.333. The highest BCUT2D eigenvalue weighted by Crippen LogP contribution is 2.19. The van der Waals surface area contributed by atoms with Crippen LogP contribution in [0.4, 0.5) is 5.69 Å². The smallest absolute Gasteiger partial charge is 0.272 e. The van der Waals surface area contributed by atoms with Crippen LogP contribution in [0.1, 0.15) is 17.4 Å². The molecule has 2 heterocycles. The zero-order valence-electron chi connectivity index (χ0n) is 11.5. The van der Waals surface area contributed by atoms with Gasteiger partial charge in [0, 0.05) is 31.4 Å². The Kier molecular flexibility index (Phi) is 3.41. The molecule has 20 heavy (non-hydrogen) atoms. The number of hydrogen-bond donors (Lipinski definition) is 1. The van der Waals surface area contributed by atoms with Gasteiger partial charge in [0.25, 0.3) is 5.91 Å². The lowest BCUT2D eigenvalue weighted by molar-refractivity contribution is 0.0668. The molecule has 1 amide bonds. The average Bonchev–Trinajstić information content (AvgIpc) is 3.01. The molecule has 1 aromatic heterocycles. The Hall–Kier alpha value is -2.30. The van der Waals surface area contributed by atoms with Crippen LogP contribution in [0.15, 0.2) is 42.9 Å². The van der Waals surface area contributed by atoms with Gasteiger partial charge in [-0.05, 0) is 19.1 Å². The predicted octanol–water partition coefficient (Wildman–Crippen LogP) is 1.76. The molecule has 1 saturated heterocycles. The van der Waals surface area contributed by atoms with Gasteiger partial charge in [0.1, 0.15) is 5.69 Å². The number of rotatable bonds is 2. The molecule has 1 aliphatic rings. The van der Waals surface area contributed by atoms with E-state index in [-0.39, 0.29) is 11.9 Å². The minimum Gasteiger partial charge on any atom is -0.368 e. The number of carbonyl (C=O) groups is 1. The number of aromatic amines is 1. The summed E-state index contributed by atoms with van der Waals surface area (Å²) in [4.78, 5) is 23.4. The molecule has 0 bridgehead atoms. The number of aromatic nitrogens is 2. The van der Waals surface area contributed by atoms with Crippen molar-refractivity contribution in [3.8, 4) is 0 Å². The molecule has 0 radical (unpaired) electrons. The van der Waals surface area contributed by atoms with Crippen LogP contribution in [-0.2, 0) is 0 Å². The Morgan fingerprint density at radius 1 is 1.30 bits per heavy atom. The average molecular weight is 270 g/mol. The van der Waals surface area contributed by atoms with Crippen LogP contribution >= 0.6 is 0 Å². The molecule has 0 saturated carbocycles. The minimum atomic E-state index is 0.0303. The molecule has 1 N–H and O–H groups in total. The molecule has 5 nitrogen and oxygen atoms in total. The molecule has 0 spiro atoms. The minimum absolute atomic E-state index is 0.0303. The number of nitrogens with one attached hydrogen (secondary N) is 1. The maximum absolute atomic E-state index is 12.4. The standard InChI is InChI=1S/C15H18N4O/c1-12-10-18(13-5-3-2-4-6-13)7-8-19(12)15(20)14-9-16-11-17-14/h2-6,9,11-12H,7-8,10H2,1H3,(H,16,17)/t12-/m1/s1. The third-order valence-electron chi connectivity index (χ3n) is 3.74. The first-order valence-electron chi connectivity index (χ1n) is 6.85. The fourth-order valence-corrected chi connectivity index (χ4v) is 2.66. The summed E-state index contributed by atoms with van der Waals surface area (Å²) < 4.78 is 0. The van der Waals surface area contributed by atoms with Crippen LogP contribution in [0.3, 0.4) is 0 Å². The molecule has 1 fully saturated rings. The zero-order valence-corrected chi connectivity index (χ0v) is 11.5. The molecule has 1 aliphatic heterocycles. The number of para-hydroxylation sites is 1. The van der Waals surface area contributed by atoms with E-state index >= 15 is 0 Å². The van der Waals surface area contributed by atoms with Crippen molar-refractivity contribution in [2.24, 2.45) is 0 Å². The largest absolute Gasteiger partial charge is 0.368 e. The summed E-state index contributed by atoms with van der Waals surface area (Å²) in [6.07, 6.45) is 3.12. The topological polar surface area (TPSA) is 52.2 Å². The molecule has 0 unspecified atom stereocenters. The summed E-state index contributed by atoms with van der Waals surface area (Å²) >= 11 is 0. The van der Waals surface area contributed by atoms with Gasteiger partial charge in [0.05, 0.1) is 12.5 Å². The molecular weight excluding hydrogens is 252 g/mol. The molecule has 2 aromatic rings. The second kappa shape index (κ2) is 5.36. The van der Waals surface area contributed by atoms with E-state index in [9.17, 15) is 4.79 Å². The van der Waals surface area contributed by atoms with E-state index in [1.807, 2.05) is 23.1 Å². The second-order valence-corrected chi connectivity index (χ2v) is 5.09. The van der Waals surface area contributed by atoms with Crippen LogP contribution in [0.2, 0.25) is 0 Å². The van der Waals surface area contributed by atoms with Gasteiger partial charge in [0.15, 0.2) is 0 Å². The van der Waals surface area contributed by atoms with Crippen LogP contribution in [0.25, 0.3) is 0 Å². The highest BCUT2D eigenvalue weighted by atomic mass is 16.2. The Balaban J connectivity index is 1.70. The van der Waals surface area contributed by atoms with Gasteiger partial charge < -0.3 is 14.8 Å². The highest BCUT2D eigenvalue weighted by Gasteiger charge is 2.28. The van der Waals surface area contributed by atoms with E-state index in [0.717, 1.165) is 19.6 Å². The van der Waals surface area contributed by atoms with Gasteiger partial charge >= 0.3 is 0 Å². The summed E-state index contributed by atoms with van der Waals surface area (Å²) in [5.41, 5.74) is 1.78. The van der Waals surface area contributed by atoms with Crippen molar-refractivity contribution >= 4 is 11.6 Å². The fourth-order valence-electron chi connectivity index (χ4n) is 2.66. The van der Waals surface area contributed by atoms with E-state index in [2.05, 4.69) is 33.9 Å². The predicted molar refractivity (Wildman–Crippen MR) is 77.7 cm³/mol. The number of anilines is 1. The first-order valence-corrected chi connectivity index (χ1v) is 6.85. The van der Waals surface area contributed by atoms with Gasteiger partial charge in [-0.3, -0.25) is 4.79 Å². The van der Waals surface area contributed by atoms with Crippen LogP contribution in [0.5, 0.6) is 0 Å². The van der Waals surface area contributed by atoms with Gasteiger partial charge in [-0.2, -0.15) is 0 Å². The van der Waals surface area contributed by atoms with Gasteiger partial charge in [0.2, 0.25) is 0 Å². The molecule has 1 atom stereocenters. The van der Waals surface area contributed by atoms with E-state index in [0.29, 0.717) is 5.69 Å². The number of H-pyrrole nitrogens is 1. The highest BCUT2D eigenvalue weighted by molar-refractivity contribution is 5.92. The van der Waals surface area contributed by atoms with Crippen LogP contribution in [0, 0.1) is 0 Å². The van der Waals surface area contributed by atoms with Crippen molar-refractivity contribution < 1.29 is 4.79 Å². The van der Waals surface area contributed by atoms with Crippen molar-refractivity contribution in [2.45, 2.75) is 13.0 Å². The molecule has 104 valence electrons. The van der Waals surface area contributed by atoms with Crippen LogP contribution in [-0.4, -0.2) is 46.5 Å². The summed E-state index contributed by atoms with van der Waals surface area (Å²) in [5.74, 6) is 0.0303. The number of hydrogen-bond acceptors (Lipinski definition) is 3. The lowest BCUT2D eigenvalue weighted by Gasteiger charge is -2.40. The number of nitrogens with zero attached hydrogens (tertiary/aromatic N) is 3. The van der Waals surface area contributed by atoms with E-state index < -0.39 is 0 Å². The molecule has 5 heteroatoms. The molecule has 0 aliphatic carbocycles. The maximum atomic E-state index is 12.4. The first kappa shape index (κ1) is 12.7. The Morgan fingerprint density at radius 3 is 2.75 bits per heavy atom. The first-order chi connectivity index (χ1) is 9.75. The van der Waals surface area contributed by atoms with Crippen LogP contribution < -0.4 is 4.90 Å². The third-order valence-corrected chi connectivity index (χ3v) is 3.74. The van der Waals surface area contributed by atoms with E-state index in [4.69, 9.17) is 0 Å². The Labute approximate surface area is 118 Å². The number of amides is 1. The lowest BCUT2D eigenvalue weighted by Crippen LogP contribution is -2.54. The van der Waals surface area contributed by atoms with Crippen molar-refractivity contribution in [1.29, 1.82) is 0 Å². The molecule has 3 rings (SSSR count). The summed E-state index contributed by atoms with van der Waals surface area (Å²) in [6.45, 7) is 4.52. The van der Waals surface area contributed by atoms with Gasteiger partial charge in [-0.1, -0.05) is 18.2 Å². The maximum Gasteiger partial charge on any atom is 0.272 e. The number of piperazine rings is 1. The monoisotopic (exact) mass is 270 g/mol. The van der Waals surface area contributed by atoms with Crippen molar-refractivity contribution in [1.82, 2.24) is 14.9 Å². The Morgan fingerprint density at radius 2 is 2.10 bits per heavy atom. The summed E-state index contributed by atoms with van der Waals surface area (Å²) in [7, 11) is 0. The van der Waals surface area contributed by atoms with Crippen molar-refractivity contribution in [3.05, 3.63) is 48.5 Å². The van der Waals surface area contributed by atoms with Crippen molar-refractivity contribution in [2.75, 3.05) is 24.5 Å². The molecule has 1 aromatic carbocycles. The normalized spacial score (nSPS) is 19.1. The van der Waals surface area contributed by atoms with E-state index in [1.165, 1.54) is 12.0 Å². The quantitative estimate of drug-likeness (QED) is 0.904. The zero-order chi connectivity index (χ0) is 13.9. The van der Waals surface area contributed by atoms with Gasteiger partial charge in [-0.15, -0.1) is 0 Å². The third kappa shape index (κ3) is 2.39. The number of benzene rings is 1. The van der Waals surface area contributed by atoms with E-state index in [1.54, 1.807) is 6.20 Å². The lowest BCUT2D eigenvalue weighted by atomic mass is 10.1.